The van der Waals surface area contributed by atoms with Gasteiger partial charge in [0.05, 0.1) is 0 Å². The van der Waals surface area contributed by atoms with Crippen LogP contribution in [0.25, 0.3) is 10.9 Å². The number of benzene rings is 1. The number of carbonyl (C=O) groups excluding carboxylic acids is 1. The van der Waals surface area contributed by atoms with Gasteiger partial charge in [-0.15, -0.1) is 0 Å². The molecule has 1 aromatic carbocycles. The maximum Gasteiger partial charge on any atom is 0.328 e. The zero-order valence-corrected chi connectivity index (χ0v) is 18.5. The van der Waals surface area contributed by atoms with Crippen molar-refractivity contribution in [1.82, 2.24) is 9.88 Å². The van der Waals surface area contributed by atoms with Crippen LogP contribution in [0, 0.1) is 10.8 Å². The molecule has 2 heterocycles. The lowest BCUT2D eigenvalue weighted by Gasteiger charge is -2.40. The number of likely N-dealkylation sites (tertiary alicyclic amines) is 1. The average Bonchev–Trinajstić information content (AvgIpc) is 3.17. The fraction of sp³-hybridized carbons (Fsp3) is 0.458. The molecule has 0 radical (unpaired) electrons. The predicted octanol–water partition coefficient (Wildman–Crippen LogP) is 3.77. The number of carboxylic acids is 2. The number of carboxylic acid groups (broad SMARTS) is 2. The second kappa shape index (κ2) is 7.78. The molecule has 1 aliphatic heterocycles. The minimum absolute atomic E-state index is 0.0990. The predicted molar refractivity (Wildman–Crippen MR) is 120 cm³/mol. The first kappa shape index (κ1) is 22.1. The van der Waals surface area contributed by atoms with Gasteiger partial charge in [-0.05, 0) is 48.3 Å². The number of nitrogens with zero attached hydrogens (tertiary/aromatic N) is 1. The van der Waals surface area contributed by atoms with Crippen molar-refractivity contribution in [3.8, 4) is 0 Å². The molecule has 2 bridgehead atoms. The van der Waals surface area contributed by atoms with Crippen molar-refractivity contribution in [3.05, 3.63) is 42.1 Å². The lowest BCUT2D eigenvalue weighted by molar-refractivity contribution is -0.144. The minimum atomic E-state index is -1.21. The zero-order chi connectivity index (χ0) is 23.3. The highest BCUT2D eigenvalue weighted by molar-refractivity contribution is 6.03. The molecular weight excluding hydrogens is 410 g/mol. The monoisotopic (exact) mass is 439 g/mol. The van der Waals surface area contributed by atoms with Gasteiger partial charge in [0.2, 0.25) is 5.91 Å². The Bertz CT molecular complexity index is 1120. The summed E-state index contributed by atoms with van der Waals surface area (Å²) in [4.78, 5) is 40.4. The fourth-order valence-electron chi connectivity index (χ4n) is 6.04. The molecule has 4 N–H and O–H groups in total. The molecule has 1 aromatic heterocycles. The molecule has 2 aromatic rings. The van der Waals surface area contributed by atoms with Crippen LogP contribution in [-0.2, 0) is 14.4 Å². The molecular formula is C24H29N3O5. The average molecular weight is 440 g/mol. The summed E-state index contributed by atoms with van der Waals surface area (Å²) in [5.41, 5.74) is 2.19. The standard InChI is InChI=1S/C24H29N3O5/c1-23(2)9-15-10-24(3,12-23)13-27(15)21(22(31)32)17-11-25-18-5-4-14(8-16(17)18)26-19(28)6-7-20(29)30/h4-8,11,15,21,25H,9-10,12-13H2,1-3H3,(H,26,28)(H,29,30)(H,31,32). The summed E-state index contributed by atoms with van der Waals surface area (Å²) in [6.45, 7) is 7.51. The SMILES string of the molecule is CC1(C)CC2CC(C)(CN2C(C(=O)O)c2c[nH]c3ccc(NC(=O)C=CC(=O)O)cc23)C1. The number of aliphatic carboxylic acids is 2. The number of aromatic nitrogens is 1. The fourth-order valence-corrected chi connectivity index (χ4v) is 6.04. The van der Waals surface area contributed by atoms with Crippen molar-refractivity contribution < 1.29 is 24.6 Å². The van der Waals surface area contributed by atoms with E-state index in [1.165, 1.54) is 0 Å². The first-order valence-electron chi connectivity index (χ1n) is 10.8. The van der Waals surface area contributed by atoms with Crippen LogP contribution in [0.5, 0.6) is 0 Å². The van der Waals surface area contributed by atoms with Gasteiger partial charge in [-0.3, -0.25) is 14.5 Å². The van der Waals surface area contributed by atoms with Crippen molar-refractivity contribution in [3.63, 3.8) is 0 Å². The highest BCUT2D eigenvalue weighted by atomic mass is 16.4. The van der Waals surface area contributed by atoms with Crippen molar-refractivity contribution >= 4 is 34.4 Å². The zero-order valence-electron chi connectivity index (χ0n) is 18.5. The van der Waals surface area contributed by atoms with E-state index in [9.17, 15) is 19.5 Å². The summed E-state index contributed by atoms with van der Waals surface area (Å²) in [5, 5.41) is 22.3. The van der Waals surface area contributed by atoms with Crippen LogP contribution in [0.4, 0.5) is 5.69 Å². The second-order valence-corrected chi connectivity index (χ2v) is 10.3. The largest absolute Gasteiger partial charge is 0.480 e. The van der Waals surface area contributed by atoms with E-state index in [0.717, 1.165) is 48.9 Å². The summed E-state index contributed by atoms with van der Waals surface area (Å²) in [6, 6.07) is 4.62. The number of anilines is 1. The number of hydrogen-bond acceptors (Lipinski definition) is 4. The third kappa shape index (κ3) is 4.27. The Labute approximate surface area is 186 Å². The molecule has 1 saturated heterocycles. The molecule has 32 heavy (non-hydrogen) atoms. The van der Waals surface area contributed by atoms with Crippen LogP contribution in [-0.4, -0.2) is 50.5 Å². The maximum absolute atomic E-state index is 12.5. The molecule has 8 nitrogen and oxygen atoms in total. The summed E-state index contributed by atoms with van der Waals surface area (Å²) in [7, 11) is 0. The van der Waals surface area contributed by atoms with Crippen LogP contribution >= 0.6 is 0 Å². The van der Waals surface area contributed by atoms with E-state index in [1.807, 2.05) is 0 Å². The van der Waals surface area contributed by atoms with Crippen molar-refractivity contribution in [2.24, 2.45) is 10.8 Å². The van der Waals surface area contributed by atoms with E-state index >= 15 is 0 Å². The molecule has 1 saturated carbocycles. The van der Waals surface area contributed by atoms with Gasteiger partial charge in [-0.25, -0.2) is 4.79 Å². The number of rotatable bonds is 6. The Morgan fingerprint density at radius 3 is 2.62 bits per heavy atom. The minimum Gasteiger partial charge on any atom is -0.480 e. The van der Waals surface area contributed by atoms with Gasteiger partial charge in [0.1, 0.15) is 6.04 Å². The number of amides is 1. The van der Waals surface area contributed by atoms with Crippen LogP contribution in [0.3, 0.4) is 0 Å². The van der Waals surface area contributed by atoms with Gasteiger partial charge < -0.3 is 20.5 Å². The molecule has 2 aliphatic rings. The van der Waals surface area contributed by atoms with E-state index in [1.54, 1.807) is 24.4 Å². The van der Waals surface area contributed by atoms with Gasteiger partial charge in [-0.1, -0.05) is 20.8 Å². The van der Waals surface area contributed by atoms with Crippen molar-refractivity contribution in [1.29, 1.82) is 0 Å². The molecule has 2 fully saturated rings. The van der Waals surface area contributed by atoms with E-state index < -0.39 is 23.9 Å². The van der Waals surface area contributed by atoms with Crippen LogP contribution in [0.2, 0.25) is 0 Å². The third-order valence-electron chi connectivity index (χ3n) is 6.67. The highest BCUT2D eigenvalue weighted by Gasteiger charge is 2.52. The van der Waals surface area contributed by atoms with E-state index in [0.29, 0.717) is 11.3 Å². The van der Waals surface area contributed by atoms with Crippen molar-refractivity contribution in [2.75, 3.05) is 11.9 Å². The molecule has 3 atom stereocenters. The Kier molecular flexibility index (Phi) is 5.36. The number of nitrogens with one attached hydrogen (secondary N) is 2. The summed E-state index contributed by atoms with van der Waals surface area (Å²) >= 11 is 0. The van der Waals surface area contributed by atoms with Crippen LogP contribution < -0.4 is 5.32 Å². The molecule has 1 amide bonds. The van der Waals surface area contributed by atoms with E-state index in [-0.39, 0.29) is 16.9 Å². The number of aromatic amines is 1. The van der Waals surface area contributed by atoms with Crippen LogP contribution in [0.1, 0.15) is 51.6 Å². The number of carbonyl (C=O) groups is 3. The first-order valence-corrected chi connectivity index (χ1v) is 10.8. The molecule has 170 valence electrons. The molecule has 1 aliphatic carbocycles. The van der Waals surface area contributed by atoms with Crippen molar-refractivity contribution in [2.45, 2.75) is 52.1 Å². The normalized spacial score (nSPS) is 25.8. The van der Waals surface area contributed by atoms with Gasteiger partial charge in [0, 0.05) is 53.1 Å². The van der Waals surface area contributed by atoms with Crippen LogP contribution in [0.15, 0.2) is 36.5 Å². The molecule has 8 heteroatoms. The smallest absolute Gasteiger partial charge is 0.328 e. The summed E-state index contributed by atoms with van der Waals surface area (Å²) < 4.78 is 0. The maximum atomic E-state index is 12.5. The molecule has 4 rings (SSSR count). The molecule has 0 spiro atoms. The number of fused-ring (bicyclic) bond motifs is 3. The Balaban J connectivity index is 1.67. The van der Waals surface area contributed by atoms with Gasteiger partial charge in [-0.2, -0.15) is 0 Å². The third-order valence-corrected chi connectivity index (χ3v) is 6.67. The second-order valence-electron chi connectivity index (χ2n) is 10.3. The topological polar surface area (TPSA) is 123 Å². The Hall–Kier alpha value is -3.13. The Morgan fingerprint density at radius 1 is 1.19 bits per heavy atom. The van der Waals surface area contributed by atoms with E-state index in [2.05, 4.69) is 36.0 Å². The van der Waals surface area contributed by atoms with Gasteiger partial charge in [0.25, 0.3) is 0 Å². The van der Waals surface area contributed by atoms with Gasteiger partial charge >= 0.3 is 11.9 Å². The van der Waals surface area contributed by atoms with Gasteiger partial charge in [0.15, 0.2) is 0 Å². The Morgan fingerprint density at radius 2 is 1.94 bits per heavy atom. The summed E-state index contributed by atoms with van der Waals surface area (Å²) in [6.07, 6.45) is 6.50. The van der Waals surface area contributed by atoms with E-state index in [4.69, 9.17) is 5.11 Å². The number of hydrogen-bond donors (Lipinski definition) is 4. The summed E-state index contributed by atoms with van der Waals surface area (Å²) in [5.74, 6) is -2.67. The highest BCUT2D eigenvalue weighted by Crippen LogP contribution is 2.54. The lowest BCUT2D eigenvalue weighted by atomic mass is 9.65. The quantitative estimate of drug-likeness (QED) is 0.508. The molecule has 3 unspecified atom stereocenters. The lowest BCUT2D eigenvalue weighted by Crippen LogP contribution is -2.39. The first-order chi connectivity index (χ1) is 15.0. The number of H-pyrrole nitrogens is 1.